The van der Waals surface area contributed by atoms with Crippen molar-refractivity contribution in [2.75, 3.05) is 19.7 Å². The van der Waals surface area contributed by atoms with Crippen LogP contribution in [0.25, 0.3) is 5.53 Å². The van der Waals surface area contributed by atoms with Gasteiger partial charge in [0.2, 0.25) is 0 Å². The Morgan fingerprint density at radius 2 is 2.36 bits per heavy atom. The number of hydrogen-bond donors (Lipinski definition) is 1. The third-order valence-corrected chi connectivity index (χ3v) is 2.21. The molecule has 4 nitrogen and oxygen atoms in total. The zero-order valence-corrected chi connectivity index (χ0v) is 8.35. The first kappa shape index (κ1) is 10.7. The summed E-state index contributed by atoms with van der Waals surface area (Å²) in [5, 5.41) is 8.84. The summed E-state index contributed by atoms with van der Waals surface area (Å²) in [5.74, 6) is 0. The van der Waals surface area contributed by atoms with Gasteiger partial charge in [0.1, 0.15) is 0 Å². The van der Waals surface area contributed by atoms with E-state index in [4.69, 9.17) is 10.6 Å². The second-order valence-electron chi connectivity index (χ2n) is 3.06. The van der Waals surface area contributed by atoms with Gasteiger partial charge in [0, 0.05) is 24.9 Å². The Hall–Kier alpha value is -1.38. The summed E-state index contributed by atoms with van der Waals surface area (Å²) in [6.07, 6.45) is 6.32. The number of nitrogens with zero attached hydrogens (tertiary/aromatic N) is 3. The van der Waals surface area contributed by atoms with Gasteiger partial charge in [-0.05, 0) is 19.1 Å². The van der Waals surface area contributed by atoms with Crippen molar-refractivity contribution in [3.8, 4) is 0 Å². The minimum atomic E-state index is 0.153. The largest absolute Gasteiger partial charge is 0.395 e. The number of aliphatic hydroxyl groups is 1. The van der Waals surface area contributed by atoms with Crippen LogP contribution in [-0.2, 0) is 0 Å². The van der Waals surface area contributed by atoms with Gasteiger partial charge in [0.15, 0.2) is 0 Å². The Balaban J connectivity index is 2.66. The molecule has 1 aliphatic carbocycles. The molecule has 4 heteroatoms. The Kier molecular flexibility index (Phi) is 4.11. The summed E-state index contributed by atoms with van der Waals surface area (Å²) in [6, 6.07) is 0. The van der Waals surface area contributed by atoms with Crippen LogP contribution in [0.3, 0.4) is 0 Å². The highest BCUT2D eigenvalue weighted by Gasteiger charge is 2.11. The van der Waals surface area contributed by atoms with Crippen molar-refractivity contribution in [2.45, 2.75) is 13.3 Å². The number of rotatable bonds is 4. The SMILES string of the molecule is CCN(CCO)C1=CCC(=[N+]=[N-])C=C1. The monoisotopic (exact) mass is 193 g/mol. The predicted octanol–water partition coefficient (Wildman–Crippen LogP) is 0.815. The molecule has 0 aromatic carbocycles. The summed E-state index contributed by atoms with van der Waals surface area (Å²) >= 11 is 0. The van der Waals surface area contributed by atoms with E-state index in [0.29, 0.717) is 18.7 Å². The topological polar surface area (TPSA) is 59.9 Å². The second-order valence-corrected chi connectivity index (χ2v) is 3.06. The number of hydrogen-bond acceptors (Lipinski definition) is 2. The van der Waals surface area contributed by atoms with Crippen LogP contribution < -0.4 is 0 Å². The lowest BCUT2D eigenvalue weighted by Crippen LogP contribution is -2.26. The van der Waals surface area contributed by atoms with Crippen molar-refractivity contribution in [2.24, 2.45) is 0 Å². The van der Waals surface area contributed by atoms with Crippen molar-refractivity contribution >= 4 is 5.71 Å². The van der Waals surface area contributed by atoms with Crippen LogP contribution in [0.15, 0.2) is 23.9 Å². The highest BCUT2D eigenvalue weighted by molar-refractivity contribution is 5.92. The molecule has 0 bridgehead atoms. The number of likely N-dealkylation sites (N-methyl/N-ethyl adjacent to an activating group) is 1. The van der Waals surface area contributed by atoms with Crippen LogP contribution in [0, 0.1) is 0 Å². The van der Waals surface area contributed by atoms with Gasteiger partial charge in [-0.15, -0.1) is 0 Å². The lowest BCUT2D eigenvalue weighted by Gasteiger charge is -2.23. The van der Waals surface area contributed by atoms with E-state index in [-0.39, 0.29) is 6.61 Å². The smallest absolute Gasteiger partial charge is 0.295 e. The second kappa shape index (κ2) is 5.37. The molecule has 0 aromatic heterocycles. The van der Waals surface area contributed by atoms with Gasteiger partial charge in [-0.1, -0.05) is 0 Å². The molecule has 0 saturated carbocycles. The molecule has 0 amide bonds. The molecule has 76 valence electrons. The average molecular weight is 193 g/mol. The van der Waals surface area contributed by atoms with Gasteiger partial charge in [0.25, 0.3) is 5.71 Å². The average Bonchev–Trinajstić information content (AvgIpc) is 2.26. The zero-order chi connectivity index (χ0) is 10.4. The molecule has 0 spiro atoms. The first-order chi connectivity index (χ1) is 6.81. The first-order valence-corrected chi connectivity index (χ1v) is 4.76. The molecule has 1 rings (SSSR count). The molecule has 1 aliphatic rings. The van der Waals surface area contributed by atoms with Crippen molar-refractivity contribution < 1.29 is 9.90 Å². The summed E-state index contributed by atoms with van der Waals surface area (Å²) in [5.41, 5.74) is 10.3. The van der Waals surface area contributed by atoms with Crippen LogP contribution in [0.2, 0.25) is 0 Å². The van der Waals surface area contributed by atoms with Crippen molar-refractivity contribution in [3.63, 3.8) is 0 Å². The standard InChI is InChI=1S/C10H15N3O/c1-2-13(7-8-14)10-5-3-9(12-11)4-6-10/h3,5-6,14H,2,4,7-8H2,1H3. The lowest BCUT2D eigenvalue weighted by molar-refractivity contribution is -0.00547. The van der Waals surface area contributed by atoms with E-state index in [1.54, 1.807) is 6.08 Å². The Labute approximate surface area is 83.8 Å². The third kappa shape index (κ3) is 2.55. The van der Waals surface area contributed by atoms with E-state index in [1.165, 1.54) is 0 Å². The maximum absolute atomic E-state index is 8.84. The molecule has 14 heavy (non-hydrogen) atoms. The zero-order valence-electron chi connectivity index (χ0n) is 8.35. The van der Waals surface area contributed by atoms with Crippen LogP contribution in [0.4, 0.5) is 0 Å². The van der Waals surface area contributed by atoms with Crippen LogP contribution in [-0.4, -0.2) is 40.2 Å². The summed E-state index contributed by atoms with van der Waals surface area (Å²) in [7, 11) is 0. The van der Waals surface area contributed by atoms with E-state index >= 15 is 0 Å². The number of allylic oxidation sites excluding steroid dienone is 3. The van der Waals surface area contributed by atoms with Gasteiger partial charge in [-0.2, -0.15) is 4.79 Å². The van der Waals surface area contributed by atoms with Crippen molar-refractivity contribution in [1.82, 2.24) is 4.90 Å². The molecule has 0 unspecified atom stereocenters. The maximum Gasteiger partial charge on any atom is 0.295 e. The van der Waals surface area contributed by atoms with Crippen LogP contribution in [0.1, 0.15) is 13.3 Å². The molecular formula is C10H15N3O. The van der Waals surface area contributed by atoms with E-state index in [9.17, 15) is 0 Å². The maximum atomic E-state index is 8.84. The normalized spacial score (nSPS) is 15.0. The highest BCUT2D eigenvalue weighted by atomic mass is 16.3. The molecule has 0 aromatic rings. The number of aliphatic hydroxyl groups excluding tert-OH is 1. The van der Waals surface area contributed by atoms with Gasteiger partial charge in [-0.25, -0.2) is 0 Å². The summed E-state index contributed by atoms with van der Waals surface area (Å²) in [6.45, 7) is 3.70. The van der Waals surface area contributed by atoms with E-state index in [0.717, 1.165) is 12.2 Å². The molecule has 0 fully saturated rings. The quantitative estimate of drug-likeness (QED) is 0.530. The first-order valence-electron chi connectivity index (χ1n) is 4.76. The highest BCUT2D eigenvalue weighted by Crippen LogP contribution is 2.11. The molecule has 0 aliphatic heterocycles. The van der Waals surface area contributed by atoms with E-state index in [1.807, 2.05) is 19.1 Å². The minimum absolute atomic E-state index is 0.153. The lowest BCUT2D eigenvalue weighted by atomic mass is 10.1. The van der Waals surface area contributed by atoms with Crippen LogP contribution >= 0.6 is 0 Å². The molecule has 0 heterocycles. The minimum Gasteiger partial charge on any atom is -0.395 e. The van der Waals surface area contributed by atoms with Gasteiger partial charge < -0.3 is 15.5 Å². The fourth-order valence-electron chi connectivity index (χ4n) is 1.43. The van der Waals surface area contributed by atoms with Crippen molar-refractivity contribution in [1.29, 1.82) is 0 Å². The van der Waals surface area contributed by atoms with Crippen molar-refractivity contribution in [3.05, 3.63) is 29.5 Å². The predicted molar refractivity (Wildman–Crippen MR) is 54.8 cm³/mol. The Morgan fingerprint density at radius 3 is 2.79 bits per heavy atom. The van der Waals surface area contributed by atoms with Gasteiger partial charge >= 0.3 is 0 Å². The molecular weight excluding hydrogens is 178 g/mol. The van der Waals surface area contributed by atoms with E-state index in [2.05, 4.69) is 9.69 Å². The molecule has 0 radical (unpaired) electrons. The molecule has 0 saturated heterocycles. The fraction of sp³-hybridized carbons (Fsp3) is 0.500. The third-order valence-electron chi connectivity index (χ3n) is 2.21. The summed E-state index contributed by atoms with van der Waals surface area (Å²) < 4.78 is 0. The Bertz CT molecular complexity index is 300. The van der Waals surface area contributed by atoms with Crippen LogP contribution in [0.5, 0.6) is 0 Å². The molecule has 1 N–H and O–H groups in total. The van der Waals surface area contributed by atoms with E-state index < -0.39 is 0 Å². The van der Waals surface area contributed by atoms with Gasteiger partial charge in [-0.3, -0.25) is 0 Å². The fourth-order valence-corrected chi connectivity index (χ4v) is 1.43. The Morgan fingerprint density at radius 1 is 1.57 bits per heavy atom. The molecule has 0 atom stereocenters. The van der Waals surface area contributed by atoms with Gasteiger partial charge in [0.05, 0.1) is 13.0 Å². The summed E-state index contributed by atoms with van der Waals surface area (Å²) in [4.78, 5) is 5.20.